The van der Waals surface area contributed by atoms with Crippen molar-refractivity contribution in [1.82, 2.24) is 4.98 Å². The standard InChI is InChI=1S/C20H10BrCl2FN2O2/c21-11-5-10(19(27)16(23)6-11)9-25-13-2-4-18-17(8-13)26-20(28-18)14-3-1-12(24)7-15(14)22/h1-9,27H. The topological polar surface area (TPSA) is 58.6 Å². The fourth-order valence-electron chi connectivity index (χ4n) is 2.60. The number of oxazole rings is 1. The number of aliphatic imine (C=N–C) groups is 1. The average molecular weight is 480 g/mol. The molecule has 0 spiro atoms. The predicted molar refractivity (Wildman–Crippen MR) is 112 cm³/mol. The van der Waals surface area contributed by atoms with Gasteiger partial charge in [0.05, 0.1) is 21.3 Å². The minimum absolute atomic E-state index is 0.0515. The zero-order valence-electron chi connectivity index (χ0n) is 14.0. The summed E-state index contributed by atoms with van der Waals surface area (Å²) in [7, 11) is 0. The minimum Gasteiger partial charge on any atom is -0.506 e. The van der Waals surface area contributed by atoms with Crippen LogP contribution in [0.2, 0.25) is 10.0 Å². The molecule has 4 rings (SSSR count). The highest BCUT2D eigenvalue weighted by atomic mass is 79.9. The Balaban J connectivity index is 1.69. The Kier molecular flexibility index (Phi) is 5.10. The van der Waals surface area contributed by atoms with Gasteiger partial charge in [-0.1, -0.05) is 39.1 Å². The summed E-state index contributed by atoms with van der Waals surface area (Å²) in [6, 6.07) is 12.5. The van der Waals surface area contributed by atoms with Crippen LogP contribution in [-0.2, 0) is 0 Å². The lowest BCUT2D eigenvalue weighted by molar-refractivity contribution is 0.474. The molecule has 0 aliphatic carbocycles. The molecule has 8 heteroatoms. The van der Waals surface area contributed by atoms with Gasteiger partial charge < -0.3 is 9.52 Å². The van der Waals surface area contributed by atoms with E-state index in [1.807, 2.05) is 0 Å². The summed E-state index contributed by atoms with van der Waals surface area (Å²) in [5.41, 5.74) is 2.69. The second-order valence-corrected chi connectivity index (χ2v) is 7.61. The Morgan fingerprint density at radius 2 is 1.89 bits per heavy atom. The van der Waals surface area contributed by atoms with Crippen LogP contribution < -0.4 is 0 Å². The predicted octanol–water partition coefficient (Wildman–Crippen LogP) is 7.16. The van der Waals surface area contributed by atoms with Gasteiger partial charge in [0.15, 0.2) is 5.58 Å². The van der Waals surface area contributed by atoms with Crippen molar-refractivity contribution in [3.8, 4) is 17.2 Å². The van der Waals surface area contributed by atoms with Gasteiger partial charge in [-0.2, -0.15) is 0 Å². The number of aromatic hydroxyl groups is 1. The Morgan fingerprint density at radius 3 is 2.68 bits per heavy atom. The first kappa shape index (κ1) is 18.9. The number of phenolic OH excluding ortho intramolecular Hbond substituents is 1. The summed E-state index contributed by atoms with van der Waals surface area (Å²) in [6.45, 7) is 0. The number of fused-ring (bicyclic) bond motifs is 1. The van der Waals surface area contributed by atoms with Crippen molar-refractivity contribution in [2.45, 2.75) is 0 Å². The summed E-state index contributed by atoms with van der Waals surface area (Å²) in [5.74, 6) is -0.195. The van der Waals surface area contributed by atoms with Gasteiger partial charge in [0, 0.05) is 16.3 Å². The summed E-state index contributed by atoms with van der Waals surface area (Å²) in [5, 5.41) is 10.5. The van der Waals surface area contributed by atoms with Gasteiger partial charge in [0.1, 0.15) is 17.1 Å². The Labute approximate surface area is 177 Å². The lowest BCUT2D eigenvalue weighted by atomic mass is 10.2. The first-order chi connectivity index (χ1) is 13.4. The van der Waals surface area contributed by atoms with Crippen LogP contribution in [0.15, 0.2) is 62.4 Å². The Morgan fingerprint density at radius 1 is 1.07 bits per heavy atom. The normalized spacial score (nSPS) is 11.6. The van der Waals surface area contributed by atoms with Gasteiger partial charge in [0.25, 0.3) is 0 Å². The maximum atomic E-state index is 13.2. The highest BCUT2D eigenvalue weighted by molar-refractivity contribution is 9.10. The number of halogens is 4. The van der Waals surface area contributed by atoms with Crippen molar-refractivity contribution in [3.63, 3.8) is 0 Å². The summed E-state index contributed by atoms with van der Waals surface area (Å²) in [4.78, 5) is 8.77. The van der Waals surface area contributed by atoms with Crippen molar-refractivity contribution in [1.29, 1.82) is 0 Å². The molecule has 0 saturated carbocycles. The van der Waals surface area contributed by atoms with E-state index in [-0.39, 0.29) is 21.7 Å². The van der Waals surface area contributed by atoms with E-state index in [1.54, 1.807) is 30.3 Å². The van der Waals surface area contributed by atoms with E-state index in [4.69, 9.17) is 27.6 Å². The Bertz CT molecular complexity index is 1240. The smallest absolute Gasteiger partial charge is 0.228 e. The number of hydrogen-bond acceptors (Lipinski definition) is 4. The molecular formula is C20H10BrCl2FN2O2. The second kappa shape index (κ2) is 7.54. The molecule has 0 unspecified atom stereocenters. The SMILES string of the molecule is Oc1c(Cl)cc(Br)cc1C=Nc1ccc2oc(-c3ccc(F)cc3Cl)nc2c1. The molecule has 4 nitrogen and oxygen atoms in total. The van der Waals surface area contributed by atoms with Crippen LogP contribution >= 0.6 is 39.1 Å². The number of hydrogen-bond donors (Lipinski definition) is 1. The Hall–Kier alpha value is -2.41. The fraction of sp³-hybridized carbons (Fsp3) is 0. The van der Waals surface area contributed by atoms with Crippen molar-refractivity contribution in [3.05, 3.63) is 74.4 Å². The molecule has 0 bridgehead atoms. The third-order valence-electron chi connectivity index (χ3n) is 3.94. The maximum absolute atomic E-state index is 13.2. The molecule has 1 heterocycles. The van der Waals surface area contributed by atoms with Gasteiger partial charge in [0.2, 0.25) is 5.89 Å². The maximum Gasteiger partial charge on any atom is 0.228 e. The van der Waals surface area contributed by atoms with Gasteiger partial charge >= 0.3 is 0 Å². The largest absolute Gasteiger partial charge is 0.506 e. The van der Waals surface area contributed by atoms with Crippen LogP contribution in [0.25, 0.3) is 22.6 Å². The molecule has 0 fully saturated rings. The van der Waals surface area contributed by atoms with Gasteiger partial charge in [-0.25, -0.2) is 9.37 Å². The van der Waals surface area contributed by atoms with E-state index in [0.717, 1.165) is 4.47 Å². The molecule has 0 saturated heterocycles. The van der Waals surface area contributed by atoms with E-state index in [2.05, 4.69) is 25.9 Å². The average Bonchev–Trinajstić information content (AvgIpc) is 3.06. The molecule has 0 aliphatic rings. The molecule has 0 aliphatic heterocycles. The van der Waals surface area contributed by atoms with Crippen LogP contribution in [0.1, 0.15) is 5.56 Å². The molecule has 1 aromatic heterocycles. The number of benzene rings is 3. The molecule has 28 heavy (non-hydrogen) atoms. The lowest BCUT2D eigenvalue weighted by Crippen LogP contribution is -1.84. The summed E-state index contributed by atoms with van der Waals surface area (Å²) < 4.78 is 19.7. The van der Waals surface area contributed by atoms with Crippen molar-refractivity contribution in [2.24, 2.45) is 4.99 Å². The van der Waals surface area contributed by atoms with E-state index in [9.17, 15) is 9.50 Å². The van der Waals surface area contributed by atoms with Crippen molar-refractivity contribution in [2.75, 3.05) is 0 Å². The zero-order chi connectivity index (χ0) is 19.8. The lowest BCUT2D eigenvalue weighted by Gasteiger charge is -2.02. The van der Waals surface area contributed by atoms with E-state index < -0.39 is 5.82 Å². The summed E-state index contributed by atoms with van der Waals surface area (Å²) in [6.07, 6.45) is 1.50. The highest BCUT2D eigenvalue weighted by Gasteiger charge is 2.13. The molecule has 4 aromatic rings. The number of rotatable bonds is 3. The van der Waals surface area contributed by atoms with Crippen molar-refractivity contribution < 1.29 is 13.9 Å². The molecule has 0 radical (unpaired) electrons. The molecule has 1 N–H and O–H groups in total. The third-order valence-corrected chi connectivity index (χ3v) is 5.00. The molecular weight excluding hydrogens is 470 g/mol. The minimum atomic E-state index is -0.433. The number of aromatic nitrogens is 1. The number of phenols is 1. The summed E-state index contributed by atoms with van der Waals surface area (Å²) >= 11 is 15.4. The van der Waals surface area contributed by atoms with Gasteiger partial charge in [-0.05, 0) is 48.5 Å². The van der Waals surface area contributed by atoms with Gasteiger partial charge in [-0.3, -0.25) is 4.99 Å². The van der Waals surface area contributed by atoms with Crippen molar-refractivity contribution >= 4 is 62.1 Å². The van der Waals surface area contributed by atoms with Crippen LogP contribution in [0.3, 0.4) is 0 Å². The van der Waals surface area contributed by atoms with Crippen LogP contribution in [0, 0.1) is 5.82 Å². The molecule has 0 amide bonds. The van der Waals surface area contributed by atoms with Gasteiger partial charge in [-0.15, -0.1) is 0 Å². The van der Waals surface area contributed by atoms with Crippen LogP contribution in [0.5, 0.6) is 5.75 Å². The molecule has 140 valence electrons. The molecule has 0 atom stereocenters. The monoisotopic (exact) mass is 478 g/mol. The number of nitrogens with zero attached hydrogens (tertiary/aromatic N) is 2. The fourth-order valence-corrected chi connectivity index (χ4v) is 3.68. The van der Waals surface area contributed by atoms with E-state index >= 15 is 0 Å². The molecule has 3 aromatic carbocycles. The van der Waals surface area contributed by atoms with Crippen LogP contribution in [0.4, 0.5) is 10.1 Å². The first-order valence-corrected chi connectivity index (χ1v) is 9.54. The zero-order valence-corrected chi connectivity index (χ0v) is 17.1. The second-order valence-electron chi connectivity index (χ2n) is 5.88. The first-order valence-electron chi connectivity index (χ1n) is 7.99. The highest BCUT2D eigenvalue weighted by Crippen LogP contribution is 2.33. The van der Waals surface area contributed by atoms with Crippen LogP contribution in [-0.4, -0.2) is 16.3 Å². The van der Waals surface area contributed by atoms with E-state index in [1.165, 1.54) is 24.4 Å². The van der Waals surface area contributed by atoms with E-state index in [0.29, 0.717) is 27.9 Å². The quantitative estimate of drug-likeness (QED) is 0.317. The third kappa shape index (κ3) is 3.76.